The van der Waals surface area contributed by atoms with Gasteiger partial charge in [-0.2, -0.15) is 13.2 Å². The van der Waals surface area contributed by atoms with Crippen LogP contribution in [0.1, 0.15) is 26.4 Å². The van der Waals surface area contributed by atoms with E-state index < -0.39 is 23.6 Å². The van der Waals surface area contributed by atoms with E-state index >= 15 is 0 Å². The number of amides is 2. The monoisotopic (exact) mass is 451 g/mol. The molecular weight excluding hydrogens is 435 g/mol. The van der Waals surface area contributed by atoms with Crippen molar-refractivity contribution in [2.24, 2.45) is 5.73 Å². The highest BCUT2D eigenvalue weighted by Crippen LogP contribution is 2.31. The summed E-state index contributed by atoms with van der Waals surface area (Å²) in [5, 5.41) is 3.77. The molecule has 166 valence electrons. The zero-order valence-electron chi connectivity index (χ0n) is 16.9. The minimum atomic E-state index is -4.51. The topological polar surface area (TPSA) is 94.3 Å². The predicted octanol–water partition coefficient (Wildman–Crippen LogP) is 5.40. The molecule has 4 rings (SSSR count). The lowest BCUT2D eigenvalue weighted by Crippen LogP contribution is -2.13. The lowest BCUT2D eigenvalue weighted by Gasteiger charge is -2.12. The number of fused-ring (bicyclic) bond motifs is 1. The Morgan fingerprint density at radius 1 is 0.909 bits per heavy atom. The Morgan fingerprint density at radius 3 is 2.42 bits per heavy atom. The van der Waals surface area contributed by atoms with Gasteiger partial charge in [0.1, 0.15) is 17.2 Å². The van der Waals surface area contributed by atoms with Gasteiger partial charge in [-0.15, -0.1) is 0 Å². The molecule has 4 aromatic rings. The number of halogens is 3. The number of nitrogens with two attached hydrogens (primary N) is 1. The summed E-state index contributed by atoms with van der Waals surface area (Å²) in [5.74, 6) is -0.430. The fourth-order valence-electron chi connectivity index (χ4n) is 3.24. The SMILES string of the molecule is NC(=O)c1cc(Oc2ccc3c(C(=O)Nc4cccc(C(F)(F)F)c4)cccc3c2)ccn1. The third-order valence-electron chi connectivity index (χ3n) is 4.76. The summed E-state index contributed by atoms with van der Waals surface area (Å²) >= 11 is 0. The van der Waals surface area contributed by atoms with Crippen molar-refractivity contribution in [3.63, 3.8) is 0 Å². The maximum Gasteiger partial charge on any atom is 0.416 e. The minimum Gasteiger partial charge on any atom is -0.457 e. The Bertz CT molecular complexity index is 1370. The van der Waals surface area contributed by atoms with E-state index in [1.165, 1.54) is 24.4 Å². The standard InChI is InChI=1S/C24H16F3N3O3/c25-24(26,27)15-4-2-5-16(12-15)30-23(32)20-6-1-3-14-11-17(7-8-19(14)20)33-18-9-10-29-21(13-18)22(28)31/h1-13H,(H2,28,31)(H,30,32). The van der Waals surface area contributed by atoms with Crippen molar-refractivity contribution in [2.45, 2.75) is 6.18 Å². The van der Waals surface area contributed by atoms with E-state index in [4.69, 9.17) is 10.5 Å². The first-order valence-electron chi connectivity index (χ1n) is 9.66. The molecule has 0 radical (unpaired) electrons. The lowest BCUT2D eigenvalue weighted by molar-refractivity contribution is -0.137. The molecule has 1 heterocycles. The smallest absolute Gasteiger partial charge is 0.416 e. The largest absolute Gasteiger partial charge is 0.457 e. The number of pyridine rings is 1. The van der Waals surface area contributed by atoms with Gasteiger partial charge in [0.15, 0.2) is 0 Å². The Labute approximate surface area is 185 Å². The number of hydrogen-bond acceptors (Lipinski definition) is 4. The molecule has 2 amide bonds. The number of hydrogen-bond donors (Lipinski definition) is 2. The summed E-state index contributed by atoms with van der Waals surface area (Å²) < 4.78 is 44.6. The summed E-state index contributed by atoms with van der Waals surface area (Å²) in [4.78, 5) is 27.9. The van der Waals surface area contributed by atoms with Crippen molar-refractivity contribution in [1.29, 1.82) is 0 Å². The van der Waals surface area contributed by atoms with Gasteiger partial charge in [0.2, 0.25) is 0 Å². The Morgan fingerprint density at radius 2 is 1.67 bits per heavy atom. The number of nitrogens with zero attached hydrogens (tertiary/aromatic N) is 1. The van der Waals surface area contributed by atoms with Crippen LogP contribution in [0.25, 0.3) is 10.8 Å². The van der Waals surface area contributed by atoms with Crippen LogP contribution >= 0.6 is 0 Å². The third kappa shape index (κ3) is 4.93. The number of primary amides is 1. The molecule has 1 aromatic heterocycles. The molecule has 0 saturated carbocycles. The van der Waals surface area contributed by atoms with Crippen LogP contribution in [0.15, 0.2) is 79.0 Å². The Kier molecular flexibility index (Phi) is 5.70. The van der Waals surface area contributed by atoms with Gasteiger partial charge in [-0.25, -0.2) is 0 Å². The van der Waals surface area contributed by atoms with Crippen LogP contribution in [0, 0.1) is 0 Å². The van der Waals surface area contributed by atoms with Crippen LogP contribution in [0.3, 0.4) is 0 Å². The van der Waals surface area contributed by atoms with E-state index in [1.54, 1.807) is 42.5 Å². The number of aromatic nitrogens is 1. The number of carbonyl (C=O) groups is 2. The summed E-state index contributed by atoms with van der Waals surface area (Å²) in [5.41, 5.74) is 4.76. The Hall–Kier alpha value is -4.40. The molecule has 0 atom stereocenters. The van der Waals surface area contributed by atoms with E-state index in [-0.39, 0.29) is 16.9 Å². The lowest BCUT2D eigenvalue weighted by atomic mass is 10.0. The number of rotatable bonds is 5. The maximum absolute atomic E-state index is 12.9. The molecule has 0 aliphatic carbocycles. The van der Waals surface area contributed by atoms with E-state index in [0.29, 0.717) is 22.3 Å². The summed E-state index contributed by atoms with van der Waals surface area (Å²) in [6, 6.07) is 17.4. The second kappa shape index (κ2) is 8.62. The van der Waals surface area contributed by atoms with Crippen molar-refractivity contribution in [3.05, 3.63) is 95.8 Å². The number of benzene rings is 3. The average Bonchev–Trinajstić information content (AvgIpc) is 2.78. The van der Waals surface area contributed by atoms with Crippen molar-refractivity contribution in [1.82, 2.24) is 4.98 Å². The van der Waals surface area contributed by atoms with Crippen LogP contribution in [0.2, 0.25) is 0 Å². The second-order valence-corrected chi connectivity index (χ2v) is 7.06. The van der Waals surface area contributed by atoms with Crippen molar-refractivity contribution >= 4 is 28.3 Å². The van der Waals surface area contributed by atoms with E-state index in [0.717, 1.165) is 12.1 Å². The first kappa shape index (κ1) is 21.8. The molecule has 0 saturated heterocycles. The molecule has 0 bridgehead atoms. The van der Waals surface area contributed by atoms with Crippen LogP contribution in [0.4, 0.5) is 18.9 Å². The molecule has 3 aromatic carbocycles. The van der Waals surface area contributed by atoms with E-state index in [9.17, 15) is 22.8 Å². The van der Waals surface area contributed by atoms with Gasteiger partial charge in [0, 0.05) is 23.5 Å². The van der Waals surface area contributed by atoms with E-state index in [2.05, 4.69) is 10.3 Å². The summed E-state index contributed by atoms with van der Waals surface area (Å²) in [6.45, 7) is 0. The normalized spacial score (nSPS) is 11.2. The minimum absolute atomic E-state index is 0.0368. The maximum atomic E-state index is 12.9. The molecule has 33 heavy (non-hydrogen) atoms. The van der Waals surface area contributed by atoms with E-state index in [1.807, 2.05) is 0 Å². The van der Waals surface area contributed by atoms with Crippen LogP contribution in [0.5, 0.6) is 11.5 Å². The zero-order valence-corrected chi connectivity index (χ0v) is 16.9. The number of carbonyl (C=O) groups excluding carboxylic acids is 2. The highest BCUT2D eigenvalue weighted by Gasteiger charge is 2.30. The first-order valence-corrected chi connectivity index (χ1v) is 9.66. The number of anilines is 1. The van der Waals surface area contributed by atoms with Gasteiger partial charge < -0.3 is 15.8 Å². The quantitative estimate of drug-likeness (QED) is 0.425. The molecule has 3 N–H and O–H groups in total. The third-order valence-corrected chi connectivity index (χ3v) is 4.76. The van der Waals surface area contributed by atoms with Gasteiger partial charge in [0.25, 0.3) is 11.8 Å². The van der Waals surface area contributed by atoms with Crippen molar-refractivity contribution < 1.29 is 27.5 Å². The first-order chi connectivity index (χ1) is 15.7. The van der Waals surface area contributed by atoms with Gasteiger partial charge >= 0.3 is 6.18 Å². The number of ether oxygens (including phenoxy) is 1. The molecule has 0 aliphatic heterocycles. The molecule has 0 unspecified atom stereocenters. The predicted molar refractivity (Wildman–Crippen MR) is 116 cm³/mol. The fraction of sp³-hybridized carbons (Fsp3) is 0.0417. The molecule has 0 spiro atoms. The highest BCUT2D eigenvalue weighted by molar-refractivity contribution is 6.13. The Balaban J connectivity index is 1.59. The van der Waals surface area contributed by atoms with Crippen LogP contribution < -0.4 is 15.8 Å². The van der Waals surface area contributed by atoms with Crippen LogP contribution in [-0.4, -0.2) is 16.8 Å². The van der Waals surface area contributed by atoms with Gasteiger partial charge in [0.05, 0.1) is 5.56 Å². The average molecular weight is 451 g/mol. The summed E-state index contributed by atoms with van der Waals surface area (Å²) in [6.07, 6.45) is -3.11. The number of nitrogens with one attached hydrogen (secondary N) is 1. The van der Waals surface area contributed by atoms with Gasteiger partial charge in [-0.3, -0.25) is 14.6 Å². The fourth-order valence-corrected chi connectivity index (χ4v) is 3.24. The molecule has 6 nitrogen and oxygen atoms in total. The molecule has 0 fully saturated rings. The van der Waals surface area contributed by atoms with Crippen LogP contribution in [-0.2, 0) is 6.18 Å². The number of alkyl halides is 3. The molecule has 9 heteroatoms. The van der Waals surface area contributed by atoms with Crippen molar-refractivity contribution in [2.75, 3.05) is 5.32 Å². The van der Waals surface area contributed by atoms with Gasteiger partial charge in [-0.05, 0) is 59.3 Å². The zero-order chi connectivity index (χ0) is 23.6. The summed E-state index contributed by atoms with van der Waals surface area (Å²) in [7, 11) is 0. The molecular formula is C24H16F3N3O3. The molecule has 0 aliphatic rings. The van der Waals surface area contributed by atoms with Gasteiger partial charge in [-0.1, -0.05) is 18.2 Å². The van der Waals surface area contributed by atoms with Crippen molar-refractivity contribution in [3.8, 4) is 11.5 Å². The second-order valence-electron chi connectivity index (χ2n) is 7.06. The highest BCUT2D eigenvalue weighted by atomic mass is 19.4.